The largest absolute Gasteiger partial charge is 0.552 e. The highest BCUT2D eigenvalue weighted by atomic mass is 16.7. The van der Waals surface area contributed by atoms with Gasteiger partial charge in [-0.1, -0.05) is 44.2 Å². The molecular weight excluding hydrogens is 533 g/mol. The third-order valence-electron chi connectivity index (χ3n) is 6.39. The van der Waals surface area contributed by atoms with E-state index < -0.39 is 67.2 Å². The summed E-state index contributed by atoms with van der Waals surface area (Å²) in [4.78, 5) is 72.7. The first-order chi connectivity index (χ1) is 19.4. The fraction of sp³-hybridized carbons (Fsp3) is 0.444. The maximum atomic E-state index is 13.6. The molecule has 14 heteroatoms. The molecule has 0 unspecified atom stereocenters. The summed E-state index contributed by atoms with van der Waals surface area (Å²) < 4.78 is 11.3. The van der Waals surface area contributed by atoms with Crippen molar-refractivity contribution in [2.24, 2.45) is 5.92 Å². The molecule has 41 heavy (non-hydrogen) atoms. The summed E-state index contributed by atoms with van der Waals surface area (Å²) >= 11 is 0. The number of nitrogens with one attached hydrogen (secondary N) is 2. The van der Waals surface area contributed by atoms with Gasteiger partial charge >= 0.3 is 19.1 Å². The van der Waals surface area contributed by atoms with Gasteiger partial charge in [-0.2, -0.15) is 0 Å². The van der Waals surface area contributed by atoms with Crippen LogP contribution in [0.5, 0.6) is 0 Å². The van der Waals surface area contributed by atoms with Crippen LogP contribution in [0.3, 0.4) is 0 Å². The highest BCUT2D eigenvalue weighted by molar-refractivity contribution is 6.51. The summed E-state index contributed by atoms with van der Waals surface area (Å²) in [6, 6.07) is 8.00. The lowest BCUT2D eigenvalue weighted by Gasteiger charge is -2.27. The minimum atomic E-state index is -2.05. The standard InChI is InChI=1S/C27H34BN5O8/c1-17(2)12-21(28-40-26(39)27(41-28,15-23(35)36)14-22(34)33(3)4)32-24(37)19(13-18-8-6-5-7-9-18)31-25(38)20-16-29-10-11-30-20/h5-11,16-17,19,21H,12-15H2,1-4H3,(H,31,38)(H,32,37)(H,35,36)/t19-,21-,27+/m0/s1. The zero-order valence-electron chi connectivity index (χ0n) is 23.4. The number of hydrogen-bond acceptors (Lipinski definition) is 9. The lowest BCUT2D eigenvalue weighted by molar-refractivity contribution is -0.155. The van der Waals surface area contributed by atoms with Crippen LogP contribution in [0.1, 0.15) is 49.2 Å². The van der Waals surface area contributed by atoms with Crippen LogP contribution >= 0.6 is 0 Å². The van der Waals surface area contributed by atoms with Crippen molar-refractivity contribution in [3.63, 3.8) is 0 Å². The summed E-state index contributed by atoms with van der Waals surface area (Å²) in [5.41, 5.74) is -1.26. The van der Waals surface area contributed by atoms with E-state index in [1.807, 2.05) is 32.0 Å². The second-order valence-electron chi connectivity index (χ2n) is 10.5. The molecule has 3 atom stereocenters. The third-order valence-corrected chi connectivity index (χ3v) is 6.39. The number of nitrogens with zero attached hydrogens (tertiary/aromatic N) is 3. The fourth-order valence-electron chi connectivity index (χ4n) is 4.35. The molecule has 0 saturated carbocycles. The first kappa shape index (κ1) is 31.2. The van der Waals surface area contributed by atoms with Crippen molar-refractivity contribution in [3.05, 3.63) is 60.2 Å². The zero-order valence-corrected chi connectivity index (χ0v) is 23.4. The first-order valence-corrected chi connectivity index (χ1v) is 13.1. The van der Waals surface area contributed by atoms with Crippen molar-refractivity contribution >= 4 is 36.8 Å². The molecule has 0 aliphatic carbocycles. The lowest BCUT2D eigenvalue weighted by Crippen LogP contribution is -2.56. The molecule has 0 radical (unpaired) electrons. The van der Waals surface area contributed by atoms with E-state index in [1.54, 1.807) is 12.1 Å². The number of aliphatic carboxylic acids is 1. The molecule has 0 bridgehead atoms. The zero-order chi connectivity index (χ0) is 30.2. The van der Waals surface area contributed by atoms with Crippen LogP contribution in [0.2, 0.25) is 0 Å². The van der Waals surface area contributed by atoms with Crippen LogP contribution in [0.4, 0.5) is 0 Å². The summed E-state index contributed by atoms with van der Waals surface area (Å²) in [5.74, 6) is -5.00. The normalized spacial score (nSPS) is 17.9. The Bertz CT molecular complexity index is 1250. The Morgan fingerprint density at radius 1 is 1.07 bits per heavy atom. The Labute approximate surface area is 238 Å². The van der Waals surface area contributed by atoms with Crippen molar-refractivity contribution in [2.75, 3.05) is 14.1 Å². The molecule has 2 aromatic rings. The van der Waals surface area contributed by atoms with Gasteiger partial charge in [-0.25, -0.2) is 4.98 Å². The Morgan fingerprint density at radius 2 is 1.78 bits per heavy atom. The quantitative estimate of drug-likeness (QED) is 0.291. The van der Waals surface area contributed by atoms with Gasteiger partial charge in [0.15, 0.2) is 5.60 Å². The van der Waals surface area contributed by atoms with Crippen molar-refractivity contribution in [2.45, 2.75) is 57.1 Å². The Morgan fingerprint density at radius 3 is 2.37 bits per heavy atom. The smallest absolute Gasteiger partial charge is 0.506 e. The Balaban J connectivity index is 1.86. The second-order valence-corrected chi connectivity index (χ2v) is 10.5. The molecule has 1 aromatic carbocycles. The minimum Gasteiger partial charge on any atom is -0.506 e. The number of aromatic nitrogens is 2. The van der Waals surface area contributed by atoms with E-state index >= 15 is 0 Å². The number of carboxylic acid groups (broad SMARTS) is 1. The topological polar surface area (TPSA) is 177 Å². The summed E-state index contributed by atoms with van der Waals surface area (Å²) in [6.45, 7) is 3.76. The van der Waals surface area contributed by atoms with Crippen molar-refractivity contribution < 1.29 is 38.4 Å². The molecule has 0 spiro atoms. The first-order valence-electron chi connectivity index (χ1n) is 13.1. The molecule has 13 nitrogen and oxygen atoms in total. The minimum absolute atomic E-state index is 0.0118. The van der Waals surface area contributed by atoms with Gasteiger partial charge in [-0.05, 0) is 17.9 Å². The number of carbonyl (C=O) groups is 5. The predicted octanol–water partition coefficient (Wildman–Crippen LogP) is 0.641. The van der Waals surface area contributed by atoms with Crippen LogP contribution in [-0.2, 0) is 34.9 Å². The van der Waals surface area contributed by atoms with Crippen LogP contribution in [-0.4, -0.2) is 88.4 Å². The van der Waals surface area contributed by atoms with Crippen molar-refractivity contribution in [1.82, 2.24) is 25.5 Å². The number of carboxylic acids is 1. The number of amides is 3. The monoisotopic (exact) mass is 567 g/mol. The second kappa shape index (κ2) is 13.8. The molecule has 1 aliphatic rings. The highest BCUT2D eigenvalue weighted by Crippen LogP contribution is 2.33. The number of benzene rings is 1. The molecular formula is C27H34BN5O8. The van der Waals surface area contributed by atoms with Gasteiger partial charge in [0.25, 0.3) is 5.91 Å². The molecule has 3 rings (SSSR count). The van der Waals surface area contributed by atoms with Gasteiger partial charge < -0.3 is 29.9 Å². The molecule has 1 fully saturated rings. The molecule has 2 heterocycles. The van der Waals surface area contributed by atoms with Crippen LogP contribution in [0, 0.1) is 5.92 Å². The van der Waals surface area contributed by atoms with E-state index in [0.29, 0.717) is 0 Å². The van der Waals surface area contributed by atoms with Gasteiger partial charge in [0, 0.05) is 32.9 Å². The van der Waals surface area contributed by atoms with Gasteiger partial charge in [-0.3, -0.25) is 29.0 Å². The van der Waals surface area contributed by atoms with E-state index in [4.69, 9.17) is 9.31 Å². The van der Waals surface area contributed by atoms with Crippen molar-refractivity contribution in [3.8, 4) is 0 Å². The Kier molecular flexibility index (Phi) is 10.5. The van der Waals surface area contributed by atoms with Gasteiger partial charge in [0.05, 0.1) is 25.0 Å². The van der Waals surface area contributed by atoms with Gasteiger partial charge in [0.2, 0.25) is 11.8 Å². The third kappa shape index (κ3) is 8.58. The fourth-order valence-corrected chi connectivity index (χ4v) is 4.35. The average molecular weight is 567 g/mol. The average Bonchev–Trinajstić information content (AvgIpc) is 3.23. The summed E-state index contributed by atoms with van der Waals surface area (Å²) in [6.07, 6.45) is 3.13. The van der Waals surface area contributed by atoms with Crippen LogP contribution in [0.25, 0.3) is 0 Å². The maximum Gasteiger partial charge on any atom is 0.552 e. The predicted molar refractivity (Wildman–Crippen MR) is 146 cm³/mol. The van der Waals surface area contributed by atoms with E-state index in [9.17, 15) is 29.1 Å². The van der Waals surface area contributed by atoms with E-state index in [2.05, 4.69) is 20.6 Å². The molecule has 1 aromatic heterocycles. The maximum absolute atomic E-state index is 13.6. The Hall–Kier alpha value is -4.33. The highest BCUT2D eigenvalue weighted by Gasteiger charge is 2.58. The van der Waals surface area contributed by atoms with Gasteiger partial charge in [0.1, 0.15) is 11.7 Å². The molecule has 1 saturated heterocycles. The number of rotatable bonds is 13. The SMILES string of the molecule is CC(C)C[C@H](NC(=O)[C@H](Cc1ccccc1)NC(=O)c1cnccn1)B1OC(=O)[C@](CC(=O)O)(CC(=O)N(C)C)O1. The number of carbonyl (C=O) groups excluding carboxylic acids is 4. The summed E-state index contributed by atoms with van der Waals surface area (Å²) in [5, 5.41) is 15.0. The van der Waals surface area contributed by atoms with E-state index in [-0.39, 0.29) is 24.5 Å². The van der Waals surface area contributed by atoms with Crippen molar-refractivity contribution in [1.29, 1.82) is 0 Å². The van der Waals surface area contributed by atoms with Crippen LogP contribution < -0.4 is 10.6 Å². The number of hydrogen-bond donors (Lipinski definition) is 3. The molecule has 1 aliphatic heterocycles. The van der Waals surface area contributed by atoms with Crippen LogP contribution in [0.15, 0.2) is 48.9 Å². The molecule has 218 valence electrons. The summed E-state index contributed by atoms with van der Waals surface area (Å²) in [7, 11) is 1.58. The van der Waals surface area contributed by atoms with E-state index in [1.165, 1.54) is 37.6 Å². The lowest BCUT2D eigenvalue weighted by atomic mass is 9.73. The van der Waals surface area contributed by atoms with E-state index in [0.717, 1.165) is 5.56 Å². The molecule has 3 N–H and O–H groups in total. The molecule has 3 amide bonds. The van der Waals surface area contributed by atoms with Gasteiger partial charge in [-0.15, -0.1) is 0 Å².